The van der Waals surface area contributed by atoms with Crippen molar-refractivity contribution >= 4 is 30.5 Å². The number of rotatable bonds is 5. The highest BCUT2D eigenvalue weighted by Gasteiger charge is 2.52. The van der Waals surface area contributed by atoms with Gasteiger partial charge >= 0.3 is 13.2 Å². The van der Waals surface area contributed by atoms with Crippen LogP contribution in [0.5, 0.6) is 0 Å². The van der Waals surface area contributed by atoms with Gasteiger partial charge in [-0.1, -0.05) is 13.8 Å². The molecule has 200 valence electrons. The van der Waals surface area contributed by atoms with Crippen LogP contribution in [-0.4, -0.2) is 83.0 Å². The monoisotopic (exact) mass is 503 g/mol. The molecule has 0 aromatic carbocycles. The first-order valence-electron chi connectivity index (χ1n) is 12.8. The van der Waals surface area contributed by atoms with Gasteiger partial charge in [-0.15, -0.1) is 0 Å². The van der Waals surface area contributed by atoms with Crippen LogP contribution in [-0.2, 0) is 18.8 Å². The van der Waals surface area contributed by atoms with Gasteiger partial charge in [-0.25, -0.2) is 14.8 Å². The van der Waals surface area contributed by atoms with Crippen molar-refractivity contribution in [2.45, 2.75) is 91.6 Å². The molecule has 3 rings (SSSR count). The highest BCUT2D eigenvalue weighted by Crippen LogP contribution is 2.36. The Morgan fingerprint density at radius 2 is 1.61 bits per heavy atom. The number of alkyl carbamates (subject to hydrolysis) is 1. The molecular weight excluding hydrogens is 461 g/mol. The van der Waals surface area contributed by atoms with Crippen LogP contribution in [0, 0.1) is 5.92 Å². The Morgan fingerprint density at radius 1 is 1.03 bits per heavy atom. The minimum absolute atomic E-state index is 0.0739. The zero-order chi connectivity index (χ0) is 26.9. The Labute approximate surface area is 215 Å². The van der Waals surface area contributed by atoms with Crippen LogP contribution in [0.4, 0.5) is 10.7 Å². The van der Waals surface area contributed by atoms with Gasteiger partial charge in [-0.3, -0.25) is 4.79 Å². The van der Waals surface area contributed by atoms with Crippen molar-refractivity contribution in [3.8, 4) is 0 Å². The van der Waals surface area contributed by atoms with Gasteiger partial charge in [-0.05, 0) is 60.8 Å². The van der Waals surface area contributed by atoms with Crippen LogP contribution in [0.2, 0.25) is 0 Å². The molecule has 0 bridgehead atoms. The maximum atomic E-state index is 13.3. The number of hydrogen-bond acceptors (Lipinski definition) is 8. The SMILES string of the molecule is CC(C)C(NC(=O)OC(C)(C)C)C(=O)N1CCCN(c2ncc(B3OC(C)(C)C(C)(C)O3)cn2)CC1. The average molecular weight is 503 g/mol. The summed E-state index contributed by atoms with van der Waals surface area (Å²) in [5.74, 6) is 0.432. The summed E-state index contributed by atoms with van der Waals surface area (Å²) >= 11 is 0. The Bertz CT molecular complexity index is 916. The first-order valence-corrected chi connectivity index (χ1v) is 12.8. The molecule has 1 atom stereocenters. The van der Waals surface area contributed by atoms with E-state index in [1.807, 2.05) is 41.5 Å². The molecule has 3 heterocycles. The quantitative estimate of drug-likeness (QED) is 0.611. The molecule has 2 fully saturated rings. The van der Waals surface area contributed by atoms with Gasteiger partial charge in [0.25, 0.3) is 0 Å². The molecule has 10 nitrogen and oxygen atoms in total. The van der Waals surface area contributed by atoms with Crippen molar-refractivity contribution in [1.82, 2.24) is 20.2 Å². The van der Waals surface area contributed by atoms with Crippen molar-refractivity contribution in [3.63, 3.8) is 0 Å². The summed E-state index contributed by atoms with van der Waals surface area (Å²) in [7, 11) is -0.508. The van der Waals surface area contributed by atoms with E-state index in [0.29, 0.717) is 25.6 Å². The molecule has 36 heavy (non-hydrogen) atoms. The zero-order valence-electron chi connectivity index (χ0n) is 23.3. The van der Waals surface area contributed by atoms with E-state index < -0.39 is 36.1 Å². The zero-order valence-corrected chi connectivity index (χ0v) is 23.3. The molecule has 1 aromatic rings. The number of ether oxygens (including phenoxy) is 1. The minimum atomic E-state index is -0.651. The maximum absolute atomic E-state index is 13.3. The number of anilines is 1. The molecule has 1 N–H and O–H groups in total. The molecule has 1 aromatic heterocycles. The molecule has 2 saturated heterocycles. The predicted molar refractivity (Wildman–Crippen MR) is 139 cm³/mol. The highest BCUT2D eigenvalue weighted by molar-refractivity contribution is 6.61. The summed E-state index contributed by atoms with van der Waals surface area (Å²) in [6.45, 7) is 19.7. The lowest BCUT2D eigenvalue weighted by molar-refractivity contribution is -0.134. The molecule has 11 heteroatoms. The number of nitrogens with one attached hydrogen (secondary N) is 1. The lowest BCUT2D eigenvalue weighted by Crippen LogP contribution is -2.52. The summed E-state index contributed by atoms with van der Waals surface area (Å²) in [6.07, 6.45) is 3.68. The van der Waals surface area contributed by atoms with E-state index in [1.165, 1.54) is 0 Å². The third kappa shape index (κ3) is 6.67. The first-order chi connectivity index (χ1) is 16.6. The second kappa shape index (κ2) is 10.5. The van der Waals surface area contributed by atoms with Crippen molar-refractivity contribution < 1.29 is 23.6 Å². The number of carbonyl (C=O) groups excluding carboxylic acids is 2. The lowest BCUT2D eigenvalue weighted by Gasteiger charge is -2.32. The van der Waals surface area contributed by atoms with Crippen LogP contribution in [0.3, 0.4) is 0 Å². The highest BCUT2D eigenvalue weighted by atomic mass is 16.7. The number of amides is 2. The summed E-state index contributed by atoms with van der Waals surface area (Å²) in [5.41, 5.74) is -0.709. The molecule has 2 aliphatic heterocycles. The Morgan fingerprint density at radius 3 is 2.14 bits per heavy atom. The molecule has 0 saturated carbocycles. The van der Waals surface area contributed by atoms with Gasteiger partial charge in [0.2, 0.25) is 11.9 Å². The Kier molecular flexibility index (Phi) is 8.25. The van der Waals surface area contributed by atoms with Crippen LogP contribution >= 0.6 is 0 Å². The topological polar surface area (TPSA) is 106 Å². The minimum Gasteiger partial charge on any atom is -0.444 e. The summed E-state index contributed by atoms with van der Waals surface area (Å²) in [4.78, 5) is 38.6. The van der Waals surface area contributed by atoms with E-state index in [1.54, 1.807) is 38.1 Å². The third-order valence-corrected chi connectivity index (χ3v) is 6.88. The van der Waals surface area contributed by atoms with Gasteiger partial charge in [-0.2, -0.15) is 0 Å². The van der Waals surface area contributed by atoms with Crippen molar-refractivity contribution in [1.29, 1.82) is 0 Å². The number of aromatic nitrogens is 2. The predicted octanol–water partition coefficient (Wildman–Crippen LogP) is 2.36. The van der Waals surface area contributed by atoms with Crippen LogP contribution in [0.25, 0.3) is 0 Å². The molecule has 0 aliphatic carbocycles. The summed E-state index contributed by atoms with van der Waals surface area (Å²) in [6, 6.07) is -0.651. The molecule has 0 spiro atoms. The number of carbonyl (C=O) groups is 2. The molecular formula is C25H42BN5O5. The van der Waals surface area contributed by atoms with E-state index in [4.69, 9.17) is 14.0 Å². The van der Waals surface area contributed by atoms with Crippen LogP contribution < -0.4 is 15.7 Å². The first kappa shape index (κ1) is 28.2. The molecule has 2 amide bonds. The van der Waals surface area contributed by atoms with E-state index in [0.717, 1.165) is 18.4 Å². The fourth-order valence-corrected chi connectivity index (χ4v) is 4.08. The van der Waals surface area contributed by atoms with E-state index in [-0.39, 0.29) is 11.8 Å². The van der Waals surface area contributed by atoms with E-state index in [9.17, 15) is 9.59 Å². The fourth-order valence-electron chi connectivity index (χ4n) is 4.08. The van der Waals surface area contributed by atoms with E-state index >= 15 is 0 Å². The Balaban J connectivity index is 1.61. The van der Waals surface area contributed by atoms with Gasteiger partial charge in [0.15, 0.2) is 0 Å². The van der Waals surface area contributed by atoms with Crippen molar-refractivity contribution in [2.24, 2.45) is 5.92 Å². The van der Waals surface area contributed by atoms with Gasteiger partial charge in [0.1, 0.15) is 11.6 Å². The molecule has 0 radical (unpaired) electrons. The fraction of sp³-hybridized carbons (Fsp3) is 0.760. The standard InChI is InChI=1S/C25H42BN5O5/c1-17(2)19(29-22(33)34-23(3,4)5)20(32)30-11-10-12-31(14-13-30)21-27-15-18(16-28-21)26-35-24(6,7)25(8,9)36-26/h15-17,19H,10-14H2,1-9H3,(H,29,33). The number of nitrogens with zero attached hydrogens (tertiary/aromatic N) is 4. The van der Waals surface area contributed by atoms with Gasteiger partial charge < -0.3 is 29.2 Å². The van der Waals surface area contributed by atoms with Crippen molar-refractivity contribution in [3.05, 3.63) is 12.4 Å². The van der Waals surface area contributed by atoms with Crippen LogP contribution in [0.15, 0.2) is 12.4 Å². The normalized spacial score (nSPS) is 20.8. The summed E-state index contributed by atoms with van der Waals surface area (Å²) < 4.78 is 17.5. The molecule has 2 aliphatic rings. The van der Waals surface area contributed by atoms with Crippen LogP contribution in [0.1, 0.15) is 68.7 Å². The average Bonchev–Trinajstić information content (AvgIpc) is 2.91. The third-order valence-electron chi connectivity index (χ3n) is 6.88. The van der Waals surface area contributed by atoms with Gasteiger partial charge in [0, 0.05) is 44.0 Å². The number of hydrogen-bond donors (Lipinski definition) is 1. The second-order valence-electron chi connectivity index (χ2n) is 11.9. The van der Waals surface area contributed by atoms with E-state index in [2.05, 4.69) is 20.2 Å². The lowest BCUT2D eigenvalue weighted by atomic mass is 9.81. The largest absolute Gasteiger partial charge is 0.498 e. The Hall–Kier alpha value is -2.40. The maximum Gasteiger partial charge on any atom is 0.498 e. The smallest absolute Gasteiger partial charge is 0.444 e. The second-order valence-corrected chi connectivity index (χ2v) is 11.9. The molecule has 1 unspecified atom stereocenters. The summed E-state index contributed by atoms with van der Waals surface area (Å²) in [5, 5.41) is 2.76. The van der Waals surface area contributed by atoms with Crippen molar-refractivity contribution in [2.75, 3.05) is 31.1 Å². The van der Waals surface area contributed by atoms with Gasteiger partial charge in [0.05, 0.1) is 11.2 Å².